The molecule has 2 heterocycles. The second kappa shape index (κ2) is 8.64. The zero-order valence-corrected chi connectivity index (χ0v) is 20.9. The molecular weight excluding hydrogens is 488 g/mol. The Morgan fingerprint density at radius 2 is 1.83 bits per heavy atom. The molecule has 194 valence electrons. The van der Waals surface area contributed by atoms with E-state index in [4.69, 9.17) is 9.31 Å². The molecule has 0 spiro atoms. The average Bonchev–Trinajstić information content (AvgIpc) is 3.45. The minimum Gasteiger partial charge on any atom is -0.465 e. The molecule has 1 saturated carbocycles. The van der Waals surface area contributed by atoms with Gasteiger partial charge in [0.2, 0.25) is 15.0 Å². The van der Waals surface area contributed by atoms with Crippen molar-refractivity contribution in [2.45, 2.75) is 87.8 Å². The first kappa shape index (κ1) is 26.2. The third kappa shape index (κ3) is 4.67. The molecule has 2 N–H and O–H groups in total. The van der Waals surface area contributed by atoms with Crippen LogP contribution in [0, 0.1) is 5.82 Å². The van der Waals surface area contributed by atoms with Crippen molar-refractivity contribution in [2.75, 3.05) is 6.54 Å². The maximum Gasteiger partial charge on any atom is 0.497 e. The van der Waals surface area contributed by atoms with Gasteiger partial charge in [-0.2, -0.15) is 0 Å². The molecule has 0 bridgehead atoms. The number of piperidine rings is 1. The first-order chi connectivity index (χ1) is 16.1. The molecule has 8 nitrogen and oxygen atoms in total. The summed E-state index contributed by atoms with van der Waals surface area (Å²) in [6.07, 6.45) is -4.23. The van der Waals surface area contributed by atoms with E-state index in [1.807, 2.05) is 27.7 Å². The first-order valence-corrected chi connectivity index (χ1v) is 13.0. The molecule has 3 aliphatic rings. The summed E-state index contributed by atoms with van der Waals surface area (Å²) < 4.78 is 83.9. The molecule has 0 radical (unpaired) electrons. The Morgan fingerprint density at radius 3 is 2.37 bits per heavy atom. The number of carbonyl (C=O) groups is 1. The van der Waals surface area contributed by atoms with Crippen molar-refractivity contribution >= 4 is 28.7 Å². The summed E-state index contributed by atoms with van der Waals surface area (Å²) in [4.78, 5) is 12.8. The molecular formula is C22H30BF3N2O6S. The SMILES string of the molecule is CC1(C)OB(c2cccc(C[C@H]3[C@@H](NS(=O)(=O)C4(F)CC4)[C@@H](F)CCN3C(=O)O)c2F)OC1(C)C. The van der Waals surface area contributed by atoms with Gasteiger partial charge in [-0.3, -0.25) is 0 Å². The fourth-order valence-electron chi connectivity index (χ4n) is 4.46. The van der Waals surface area contributed by atoms with E-state index in [0.717, 1.165) is 4.90 Å². The minimum atomic E-state index is -4.56. The van der Waals surface area contributed by atoms with Crippen LogP contribution >= 0.6 is 0 Å². The van der Waals surface area contributed by atoms with Crippen molar-refractivity contribution in [1.82, 2.24) is 9.62 Å². The Labute approximate surface area is 203 Å². The molecule has 1 aliphatic carbocycles. The zero-order chi connectivity index (χ0) is 26.0. The van der Waals surface area contributed by atoms with Crippen LogP contribution in [0.4, 0.5) is 18.0 Å². The fraction of sp³-hybridized carbons (Fsp3) is 0.682. The van der Waals surface area contributed by atoms with Gasteiger partial charge in [-0.1, -0.05) is 18.2 Å². The third-order valence-electron chi connectivity index (χ3n) is 7.56. The topological polar surface area (TPSA) is 105 Å². The highest BCUT2D eigenvalue weighted by Gasteiger charge is 2.58. The number of alkyl halides is 2. The van der Waals surface area contributed by atoms with Gasteiger partial charge < -0.3 is 19.3 Å². The van der Waals surface area contributed by atoms with E-state index in [1.54, 1.807) is 6.07 Å². The number of nitrogens with one attached hydrogen (secondary N) is 1. The van der Waals surface area contributed by atoms with E-state index < -0.39 is 63.5 Å². The average molecular weight is 518 g/mol. The Bertz CT molecular complexity index is 1100. The minimum absolute atomic E-state index is 0.0353. The van der Waals surface area contributed by atoms with Crippen LogP contribution in [0.15, 0.2) is 18.2 Å². The summed E-state index contributed by atoms with van der Waals surface area (Å²) in [6, 6.07) is 1.57. The van der Waals surface area contributed by atoms with Crippen LogP contribution in [0.25, 0.3) is 0 Å². The van der Waals surface area contributed by atoms with Crippen LogP contribution in [0.5, 0.6) is 0 Å². The number of nitrogens with zero attached hydrogens (tertiary/aromatic N) is 1. The van der Waals surface area contributed by atoms with Crippen molar-refractivity contribution in [2.24, 2.45) is 0 Å². The van der Waals surface area contributed by atoms with Gasteiger partial charge in [0.05, 0.1) is 23.3 Å². The number of likely N-dealkylation sites (tertiary alicyclic amines) is 1. The van der Waals surface area contributed by atoms with E-state index in [9.17, 15) is 27.1 Å². The third-order valence-corrected chi connectivity index (χ3v) is 9.51. The lowest BCUT2D eigenvalue weighted by molar-refractivity contribution is 0.00578. The first-order valence-electron chi connectivity index (χ1n) is 11.6. The van der Waals surface area contributed by atoms with Crippen LogP contribution in [0.3, 0.4) is 0 Å². The maximum absolute atomic E-state index is 15.7. The molecule has 13 heteroatoms. The van der Waals surface area contributed by atoms with Crippen molar-refractivity contribution in [3.05, 3.63) is 29.6 Å². The maximum atomic E-state index is 15.7. The Morgan fingerprint density at radius 1 is 1.23 bits per heavy atom. The molecule has 0 aromatic heterocycles. The summed E-state index contributed by atoms with van der Waals surface area (Å²) in [6.45, 7) is 7.06. The molecule has 1 amide bonds. The second-order valence-electron chi connectivity index (χ2n) is 10.5. The van der Waals surface area contributed by atoms with Crippen LogP contribution in [-0.2, 0) is 25.8 Å². The lowest BCUT2D eigenvalue weighted by Crippen LogP contribution is -2.63. The predicted molar refractivity (Wildman–Crippen MR) is 123 cm³/mol. The van der Waals surface area contributed by atoms with Crippen molar-refractivity contribution < 1.29 is 40.8 Å². The molecule has 3 fully saturated rings. The van der Waals surface area contributed by atoms with Crippen molar-refractivity contribution in [1.29, 1.82) is 0 Å². The summed E-state index contributed by atoms with van der Waals surface area (Å²) in [5.74, 6) is -0.719. The number of carboxylic acid groups (broad SMARTS) is 1. The zero-order valence-electron chi connectivity index (χ0n) is 20.1. The Kier molecular flexibility index (Phi) is 6.48. The monoisotopic (exact) mass is 518 g/mol. The fourth-order valence-corrected chi connectivity index (χ4v) is 5.97. The lowest BCUT2D eigenvalue weighted by Gasteiger charge is -2.42. The van der Waals surface area contributed by atoms with E-state index in [2.05, 4.69) is 4.72 Å². The quantitative estimate of drug-likeness (QED) is 0.561. The number of sulfonamides is 1. The molecule has 3 atom stereocenters. The van der Waals surface area contributed by atoms with Gasteiger partial charge in [0.15, 0.2) is 0 Å². The lowest BCUT2D eigenvalue weighted by atomic mass is 9.77. The largest absolute Gasteiger partial charge is 0.497 e. The van der Waals surface area contributed by atoms with Crippen molar-refractivity contribution in [3.8, 4) is 0 Å². The van der Waals surface area contributed by atoms with E-state index >= 15 is 4.39 Å². The smallest absolute Gasteiger partial charge is 0.465 e. The molecule has 35 heavy (non-hydrogen) atoms. The van der Waals surface area contributed by atoms with Crippen LogP contribution in [0.2, 0.25) is 0 Å². The van der Waals surface area contributed by atoms with Crippen LogP contribution in [0.1, 0.15) is 52.5 Å². The number of rotatable bonds is 6. The second-order valence-corrected chi connectivity index (χ2v) is 12.5. The summed E-state index contributed by atoms with van der Waals surface area (Å²) in [7, 11) is -5.58. The van der Waals surface area contributed by atoms with Gasteiger partial charge in [-0.15, -0.1) is 0 Å². The van der Waals surface area contributed by atoms with Gasteiger partial charge in [0, 0.05) is 24.8 Å². The molecule has 2 saturated heterocycles. The number of benzene rings is 1. The van der Waals surface area contributed by atoms with Crippen LogP contribution in [-0.4, -0.2) is 72.6 Å². The standard InChI is InChI=1S/C22H30BF3N2O6S/c1-20(2)21(3,4)34-23(33-20)14-7-5-6-13(17(14)25)12-16-18(15(24)8-11-28(16)19(29)30)27-35(31,32)22(26)9-10-22/h5-7,15-16,18,27H,8-12H2,1-4H3,(H,29,30)/t15-,16-,18-/m0/s1. The number of halogens is 3. The van der Waals surface area contributed by atoms with Gasteiger partial charge in [0.25, 0.3) is 0 Å². The van der Waals surface area contributed by atoms with E-state index in [0.29, 0.717) is 0 Å². The van der Waals surface area contributed by atoms with Gasteiger partial charge >= 0.3 is 13.2 Å². The summed E-state index contributed by atoms with van der Waals surface area (Å²) in [5.41, 5.74) is -1.32. The Balaban J connectivity index is 1.65. The van der Waals surface area contributed by atoms with E-state index in [1.165, 1.54) is 12.1 Å². The van der Waals surface area contributed by atoms with Gasteiger partial charge in [0.1, 0.15) is 12.0 Å². The van der Waals surface area contributed by atoms with Crippen molar-refractivity contribution in [3.63, 3.8) is 0 Å². The molecule has 2 aliphatic heterocycles. The van der Waals surface area contributed by atoms with E-state index in [-0.39, 0.29) is 43.3 Å². The number of amides is 1. The number of hydrogen-bond donors (Lipinski definition) is 2. The van der Waals surface area contributed by atoms with Gasteiger partial charge in [-0.25, -0.2) is 31.1 Å². The molecule has 1 aromatic rings. The normalized spacial score (nSPS) is 29.3. The molecule has 4 rings (SSSR count). The number of hydrogen-bond acceptors (Lipinski definition) is 5. The Hall–Kier alpha value is -1.83. The highest BCUT2D eigenvalue weighted by atomic mass is 32.2. The van der Waals surface area contributed by atoms with Crippen LogP contribution < -0.4 is 10.2 Å². The highest BCUT2D eigenvalue weighted by molar-refractivity contribution is 7.91. The molecule has 0 unspecified atom stereocenters. The predicted octanol–water partition coefficient (Wildman–Crippen LogP) is 2.51. The molecule has 1 aromatic carbocycles. The summed E-state index contributed by atoms with van der Waals surface area (Å²) >= 11 is 0. The summed E-state index contributed by atoms with van der Waals surface area (Å²) in [5, 5.41) is 7.20. The highest BCUT2D eigenvalue weighted by Crippen LogP contribution is 2.45. The van der Waals surface area contributed by atoms with Gasteiger partial charge in [-0.05, 0) is 46.1 Å².